The van der Waals surface area contributed by atoms with Crippen LogP contribution in [0, 0.1) is 12.8 Å². The summed E-state index contributed by atoms with van der Waals surface area (Å²) in [5.41, 5.74) is 2.53. The number of ether oxygens (including phenoxy) is 1. The summed E-state index contributed by atoms with van der Waals surface area (Å²) in [4.78, 5) is 1.69. The number of likely N-dealkylation sites (tertiary alicyclic amines) is 1. The van der Waals surface area contributed by atoms with Gasteiger partial charge in [0.1, 0.15) is 18.9 Å². The first-order valence-electron chi connectivity index (χ1n) is 7.86. The van der Waals surface area contributed by atoms with Crippen LogP contribution in [0.15, 0.2) is 30.9 Å². The molecule has 110 valence electrons. The Hall–Kier alpha value is -1.28. The molecule has 0 aliphatic carbocycles. The van der Waals surface area contributed by atoms with Crippen LogP contribution in [0.2, 0.25) is 0 Å². The maximum atomic E-state index is 6.01. The average Bonchev–Trinajstić information content (AvgIpc) is 2.44. The van der Waals surface area contributed by atoms with Crippen molar-refractivity contribution in [1.29, 1.82) is 0 Å². The fourth-order valence-corrected chi connectivity index (χ4v) is 2.89. The van der Waals surface area contributed by atoms with E-state index in [0.717, 1.165) is 31.2 Å². The zero-order chi connectivity index (χ0) is 14.4. The summed E-state index contributed by atoms with van der Waals surface area (Å²) in [5.74, 6) is 1.94. The summed E-state index contributed by atoms with van der Waals surface area (Å²) in [6, 6.07) is 6.42. The lowest BCUT2D eigenvalue weighted by Gasteiger charge is -2.27. The average molecular weight is 274 g/mol. The topological polar surface area (TPSA) is 13.7 Å². The lowest BCUT2D eigenvalue weighted by molar-refractivity contribution is -0.906. The second kappa shape index (κ2) is 7.49. The predicted molar refractivity (Wildman–Crippen MR) is 84.5 cm³/mol. The molecule has 0 atom stereocenters. The van der Waals surface area contributed by atoms with Gasteiger partial charge < -0.3 is 9.64 Å². The molecule has 2 heteroatoms. The third-order valence-electron chi connectivity index (χ3n) is 4.27. The van der Waals surface area contributed by atoms with Gasteiger partial charge in [-0.15, -0.1) is 6.58 Å². The molecule has 0 spiro atoms. The Kier molecular flexibility index (Phi) is 5.66. The SMILES string of the molecule is C=CCc1cc(C)ccc1OCC[NH+]1CCC(C)CC1. The molecule has 1 aromatic rings. The Morgan fingerprint density at radius 1 is 1.35 bits per heavy atom. The molecule has 1 N–H and O–H groups in total. The van der Waals surface area contributed by atoms with Crippen molar-refractivity contribution in [3.63, 3.8) is 0 Å². The number of hydrogen-bond donors (Lipinski definition) is 1. The van der Waals surface area contributed by atoms with Crippen LogP contribution in [-0.4, -0.2) is 26.2 Å². The number of piperidine rings is 1. The van der Waals surface area contributed by atoms with Crippen LogP contribution < -0.4 is 9.64 Å². The zero-order valence-electron chi connectivity index (χ0n) is 13.0. The van der Waals surface area contributed by atoms with Crippen LogP contribution in [0.1, 0.15) is 30.9 Å². The largest absolute Gasteiger partial charge is 0.487 e. The van der Waals surface area contributed by atoms with Gasteiger partial charge >= 0.3 is 0 Å². The summed E-state index contributed by atoms with van der Waals surface area (Å²) in [5, 5.41) is 0. The Morgan fingerprint density at radius 2 is 2.10 bits per heavy atom. The molecule has 0 bridgehead atoms. The van der Waals surface area contributed by atoms with Crippen molar-refractivity contribution in [3.8, 4) is 5.75 Å². The number of allylic oxidation sites excluding steroid dienone is 1. The van der Waals surface area contributed by atoms with E-state index in [1.807, 2.05) is 6.08 Å². The minimum atomic E-state index is 0.816. The van der Waals surface area contributed by atoms with E-state index in [0.29, 0.717) is 0 Å². The summed E-state index contributed by atoms with van der Waals surface area (Å²) in [6.07, 6.45) is 5.55. The molecule has 2 nitrogen and oxygen atoms in total. The normalized spacial score (nSPS) is 22.5. The van der Waals surface area contributed by atoms with Gasteiger partial charge in [-0.25, -0.2) is 0 Å². The summed E-state index contributed by atoms with van der Waals surface area (Å²) in [6.45, 7) is 12.9. The first kappa shape index (κ1) is 15.1. The molecule has 0 saturated carbocycles. The van der Waals surface area contributed by atoms with Crippen molar-refractivity contribution in [2.24, 2.45) is 5.92 Å². The summed E-state index contributed by atoms with van der Waals surface area (Å²) >= 11 is 0. The van der Waals surface area contributed by atoms with E-state index in [9.17, 15) is 0 Å². The number of benzene rings is 1. The number of rotatable bonds is 6. The highest BCUT2D eigenvalue weighted by Crippen LogP contribution is 2.20. The predicted octanol–water partition coefficient (Wildman–Crippen LogP) is 2.42. The van der Waals surface area contributed by atoms with Gasteiger partial charge in [-0.05, 0) is 43.7 Å². The number of hydrogen-bond acceptors (Lipinski definition) is 1. The Bertz CT molecular complexity index is 433. The third-order valence-corrected chi connectivity index (χ3v) is 4.27. The second-order valence-corrected chi connectivity index (χ2v) is 6.13. The summed E-state index contributed by atoms with van der Waals surface area (Å²) < 4.78 is 6.01. The van der Waals surface area contributed by atoms with Crippen LogP contribution in [0.4, 0.5) is 0 Å². The van der Waals surface area contributed by atoms with Crippen molar-refractivity contribution < 1.29 is 9.64 Å². The molecule has 1 heterocycles. The smallest absolute Gasteiger partial charge is 0.137 e. The quantitative estimate of drug-likeness (QED) is 0.787. The van der Waals surface area contributed by atoms with E-state index >= 15 is 0 Å². The number of nitrogens with one attached hydrogen (secondary N) is 1. The van der Waals surface area contributed by atoms with Gasteiger partial charge in [-0.2, -0.15) is 0 Å². The van der Waals surface area contributed by atoms with Gasteiger partial charge in [-0.1, -0.05) is 30.7 Å². The lowest BCUT2D eigenvalue weighted by Crippen LogP contribution is -3.13. The highest BCUT2D eigenvalue weighted by atomic mass is 16.5. The molecule has 0 radical (unpaired) electrons. The van der Waals surface area contributed by atoms with Crippen LogP contribution in [-0.2, 0) is 6.42 Å². The fourth-order valence-electron chi connectivity index (χ4n) is 2.89. The molecular formula is C18H28NO+. The van der Waals surface area contributed by atoms with Gasteiger partial charge in [0.25, 0.3) is 0 Å². The van der Waals surface area contributed by atoms with Crippen LogP contribution in [0.25, 0.3) is 0 Å². The molecule has 20 heavy (non-hydrogen) atoms. The molecular weight excluding hydrogens is 246 g/mol. The first-order chi connectivity index (χ1) is 9.69. The van der Waals surface area contributed by atoms with Crippen molar-refractivity contribution in [2.45, 2.75) is 33.1 Å². The van der Waals surface area contributed by atoms with Gasteiger partial charge in [0.15, 0.2) is 0 Å². The van der Waals surface area contributed by atoms with Crippen molar-refractivity contribution >= 4 is 0 Å². The van der Waals surface area contributed by atoms with Gasteiger partial charge in [-0.3, -0.25) is 0 Å². The fraction of sp³-hybridized carbons (Fsp3) is 0.556. The van der Waals surface area contributed by atoms with Crippen molar-refractivity contribution in [2.75, 3.05) is 26.2 Å². The second-order valence-electron chi connectivity index (χ2n) is 6.13. The Balaban J connectivity index is 1.83. The zero-order valence-corrected chi connectivity index (χ0v) is 13.0. The van der Waals surface area contributed by atoms with E-state index in [-0.39, 0.29) is 0 Å². The van der Waals surface area contributed by atoms with E-state index in [4.69, 9.17) is 4.74 Å². The maximum Gasteiger partial charge on any atom is 0.137 e. The molecule has 1 aliphatic heterocycles. The molecule has 0 aromatic heterocycles. The van der Waals surface area contributed by atoms with Crippen LogP contribution >= 0.6 is 0 Å². The highest BCUT2D eigenvalue weighted by molar-refractivity contribution is 5.38. The third kappa shape index (κ3) is 4.38. The van der Waals surface area contributed by atoms with E-state index in [2.05, 4.69) is 38.6 Å². The minimum Gasteiger partial charge on any atom is -0.487 e. The van der Waals surface area contributed by atoms with E-state index in [1.165, 1.54) is 37.1 Å². The number of quaternary nitrogens is 1. The monoisotopic (exact) mass is 274 g/mol. The lowest BCUT2D eigenvalue weighted by atomic mass is 9.99. The molecule has 1 aromatic carbocycles. The highest BCUT2D eigenvalue weighted by Gasteiger charge is 2.18. The van der Waals surface area contributed by atoms with Crippen LogP contribution in [0.3, 0.4) is 0 Å². The molecule has 1 aliphatic rings. The van der Waals surface area contributed by atoms with Gasteiger partial charge in [0, 0.05) is 0 Å². The minimum absolute atomic E-state index is 0.816. The van der Waals surface area contributed by atoms with Crippen molar-refractivity contribution in [3.05, 3.63) is 42.0 Å². The number of aryl methyl sites for hydroxylation is 1. The van der Waals surface area contributed by atoms with Gasteiger partial charge in [0.05, 0.1) is 13.1 Å². The molecule has 1 saturated heterocycles. The molecule has 2 rings (SSSR count). The maximum absolute atomic E-state index is 6.01. The van der Waals surface area contributed by atoms with Crippen LogP contribution in [0.5, 0.6) is 5.75 Å². The Labute approximate surface area is 123 Å². The van der Waals surface area contributed by atoms with E-state index < -0.39 is 0 Å². The van der Waals surface area contributed by atoms with Gasteiger partial charge in [0.2, 0.25) is 0 Å². The molecule has 0 unspecified atom stereocenters. The van der Waals surface area contributed by atoms with E-state index in [1.54, 1.807) is 4.90 Å². The standard InChI is InChI=1S/C18H27NO/c1-4-5-17-14-16(3)6-7-18(17)20-13-12-19-10-8-15(2)9-11-19/h4,6-7,14-15H,1,5,8-13H2,2-3H3/p+1. The summed E-state index contributed by atoms with van der Waals surface area (Å²) in [7, 11) is 0. The first-order valence-corrected chi connectivity index (χ1v) is 7.86. The molecule has 1 fully saturated rings. The van der Waals surface area contributed by atoms with Crippen molar-refractivity contribution in [1.82, 2.24) is 0 Å². The Morgan fingerprint density at radius 3 is 2.80 bits per heavy atom. The molecule has 0 amide bonds.